The molecule has 1 aromatic heterocycles. The van der Waals surface area contributed by atoms with Crippen LogP contribution in [0.4, 0.5) is 13.2 Å². The molecule has 2 unspecified atom stereocenters. The first-order valence-electron chi connectivity index (χ1n) is 8.93. The highest BCUT2D eigenvalue weighted by molar-refractivity contribution is 6.17. The highest BCUT2D eigenvalue weighted by atomic mass is 35.5. The molecular weight excluding hydrogens is 375 g/mol. The van der Waals surface area contributed by atoms with Crippen LogP contribution >= 0.6 is 11.6 Å². The van der Waals surface area contributed by atoms with Gasteiger partial charge in [-0.15, -0.1) is 11.6 Å². The maximum atomic E-state index is 13.5. The van der Waals surface area contributed by atoms with E-state index in [1.165, 1.54) is 6.07 Å². The second-order valence-electron chi connectivity index (χ2n) is 7.26. The fourth-order valence-corrected chi connectivity index (χ4v) is 4.36. The van der Waals surface area contributed by atoms with Gasteiger partial charge in [-0.05, 0) is 72.6 Å². The van der Waals surface area contributed by atoms with E-state index in [0.717, 1.165) is 23.0 Å². The van der Waals surface area contributed by atoms with Crippen molar-refractivity contribution in [3.63, 3.8) is 0 Å². The Hall–Kier alpha value is -2.14. The normalized spacial score (nSPS) is 20.4. The molecule has 1 heterocycles. The average molecular weight is 394 g/mol. The molecule has 2 nitrogen and oxygen atoms in total. The molecule has 142 valence electrons. The van der Waals surface area contributed by atoms with Gasteiger partial charge in [0.05, 0.1) is 5.56 Å². The van der Waals surface area contributed by atoms with Gasteiger partial charge in [0.25, 0.3) is 0 Å². The molecule has 0 aliphatic heterocycles. The smallest absolute Gasteiger partial charge is 0.416 e. The van der Waals surface area contributed by atoms with Crippen molar-refractivity contribution in [1.29, 1.82) is 0 Å². The summed E-state index contributed by atoms with van der Waals surface area (Å²) in [6.45, 7) is 0. The number of H-pyrrole nitrogens is 1. The lowest BCUT2D eigenvalue weighted by Gasteiger charge is -2.19. The summed E-state index contributed by atoms with van der Waals surface area (Å²) < 4.78 is 40.6. The number of aromatic nitrogens is 1. The number of nitrogens with one attached hydrogen (secondary N) is 1. The minimum atomic E-state index is -4.38. The van der Waals surface area contributed by atoms with Crippen LogP contribution in [0.2, 0.25) is 0 Å². The van der Waals surface area contributed by atoms with Crippen LogP contribution in [0.3, 0.4) is 0 Å². The Morgan fingerprint density at radius 1 is 1.04 bits per heavy atom. The van der Waals surface area contributed by atoms with E-state index < -0.39 is 11.7 Å². The third-order valence-corrected chi connectivity index (χ3v) is 5.82. The molecule has 2 aromatic carbocycles. The minimum Gasteiger partial charge on any atom is -0.508 e. The molecule has 0 saturated heterocycles. The monoisotopic (exact) mass is 393 g/mol. The van der Waals surface area contributed by atoms with Gasteiger partial charge in [-0.25, -0.2) is 0 Å². The van der Waals surface area contributed by atoms with Crippen LogP contribution in [-0.4, -0.2) is 10.1 Å². The Labute approximate surface area is 160 Å². The van der Waals surface area contributed by atoms with Crippen LogP contribution in [0, 0.1) is 0 Å². The van der Waals surface area contributed by atoms with Crippen molar-refractivity contribution in [2.24, 2.45) is 0 Å². The van der Waals surface area contributed by atoms with Crippen LogP contribution in [0.1, 0.15) is 53.5 Å². The zero-order chi connectivity index (χ0) is 19.2. The van der Waals surface area contributed by atoms with Crippen molar-refractivity contribution in [2.45, 2.75) is 43.2 Å². The van der Waals surface area contributed by atoms with Crippen molar-refractivity contribution >= 4 is 22.5 Å². The topological polar surface area (TPSA) is 36.0 Å². The number of hydrogen-bond donors (Lipinski definition) is 2. The second-order valence-corrected chi connectivity index (χ2v) is 7.52. The van der Waals surface area contributed by atoms with Crippen LogP contribution in [0.25, 0.3) is 10.9 Å². The molecular formula is C21H19ClF3NO. The fraction of sp³-hybridized carbons (Fsp3) is 0.333. The summed E-state index contributed by atoms with van der Waals surface area (Å²) in [4.78, 5) is 3.35. The molecule has 1 saturated carbocycles. The maximum absolute atomic E-state index is 13.5. The lowest BCUT2D eigenvalue weighted by atomic mass is 9.90. The molecule has 4 rings (SSSR count). The summed E-state index contributed by atoms with van der Waals surface area (Å²) in [5.74, 6) is 0.319. The molecule has 0 bridgehead atoms. The van der Waals surface area contributed by atoms with Gasteiger partial charge in [-0.3, -0.25) is 0 Å². The zero-order valence-electron chi connectivity index (χ0n) is 14.5. The predicted octanol–water partition coefficient (Wildman–Crippen LogP) is 6.68. The number of phenols is 1. The molecule has 6 heteroatoms. The van der Waals surface area contributed by atoms with Crippen molar-refractivity contribution in [3.05, 3.63) is 64.8 Å². The first-order chi connectivity index (χ1) is 12.8. The molecule has 27 heavy (non-hydrogen) atoms. The lowest BCUT2D eigenvalue weighted by Crippen LogP contribution is -2.12. The van der Waals surface area contributed by atoms with Crippen LogP contribution in [-0.2, 0) is 12.1 Å². The van der Waals surface area contributed by atoms with Gasteiger partial charge >= 0.3 is 6.18 Å². The molecule has 0 radical (unpaired) electrons. The van der Waals surface area contributed by atoms with E-state index in [4.69, 9.17) is 11.6 Å². The summed E-state index contributed by atoms with van der Waals surface area (Å²) in [5, 5.41) is 10.5. The number of phenolic OH excluding ortho intramolecular Hbond substituents is 1. The van der Waals surface area contributed by atoms with Crippen molar-refractivity contribution in [3.8, 4) is 5.75 Å². The van der Waals surface area contributed by atoms with Crippen LogP contribution < -0.4 is 0 Å². The SMILES string of the molecule is Oc1ccc2[nH]c(C3CCC(c4ccc(CCl)cc4C(F)(F)F)C3)cc2c1. The number of alkyl halides is 4. The molecule has 2 atom stereocenters. The summed E-state index contributed by atoms with van der Waals surface area (Å²) in [6, 6.07) is 11.6. The predicted molar refractivity (Wildman–Crippen MR) is 100 cm³/mol. The van der Waals surface area contributed by atoms with E-state index in [1.807, 2.05) is 12.1 Å². The fourth-order valence-electron chi connectivity index (χ4n) is 4.20. The quantitative estimate of drug-likeness (QED) is 0.478. The highest BCUT2D eigenvalue weighted by Crippen LogP contribution is 2.47. The summed E-state index contributed by atoms with van der Waals surface area (Å²) >= 11 is 5.72. The summed E-state index contributed by atoms with van der Waals surface area (Å²) in [6.07, 6.45) is -2.16. The molecule has 0 spiro atoms. The van der Waals surface area contributed by atoms with Gasteiger partial charge in [0.2, 0.25) is 0 Å². The van der Waals surface area contributed by atoms with Gasteiger partial charge in [0.15, 0.2) is 0 Å². The third kappa shape index (κ3) is 3.53. The summed E-state index contributed by atoms with van der Waals surface area (Å²) in [5.41, 5.74) is 2.23. The van der Waals surface area contributed by atoms with Gasteiger partial charge in [-0.2, -0.15) is 13.2 Å². The van der Waals surface area contributed by atoms with E-state index in [0.29, 0.717) is 24.0 Å². The Kier molecular flexibility index (Phi) is 4.58. The molecule has 1 aliphatic carbocycles. The van der Waals surface area contributed by atoms with E-state index in [9.17, 15) is 18.3 Å². The molecule has 3 aromatic rings. The average Bonchev–Trinajstić information content (AvgIpc) is 3.26. The first kappa shape index (κ1) is 18.2. The number of aromatic hydroxyl groups is 1. The largest absolute Gasteiger partial charge is 0.508 e. The van der Waals surface area contributed by atoms with Crippen LogP contribution in [0.15, 0.2) is 42.5 Å². The lowest BCUT2D eigenvalue weighted by molar-refractivity contribution is -0.138. The van der Waals surface area contributed by atoms with E-state index >= 15 is 0 Å². The standard InChI is InChI=1S/C21H19ClF3NO/c22-11-12-1-5-17(18(7-12)21(23,24)25)13-2-3-14(8-13)20-10-15-9-16(27)4-6-19(15)26-20/h1,4-7,9-10,13-14,26-27H,2-3,8,11H2. The molecule has 2 N–H and O–H groups in total. The van der Waals surface area contributed by atoms with E-state index in [-0.39, 0.29) is 23.5 Å². The van der Waals surface area contributed by atoms with Crippen molar-refractivity contribution in [1.82, 2.24) is 4.98 Å². The van der Waals surface area contributed by atoms with Gasteiger partial charge in [0.1, 0.15) is 5.75 Å². The molecule has 1 aliphatic rings. The molecule has 0 amide bonds. The van der Waals surface area contributed by atoms with Crippen molar-refractivity contribution < 1.29 is 18.3 Å². The zero-order valence-corrected chi connectivity index (χ0v) is 15.2. The van der Waals surface area contributed by atoms with Gasteiger partial charge < -0.3 is 10.1 Å². The number of aromatic amines is 1. The van der Waals surface area contributed by atoms with E-state index in [1.54, 1.807) is 24.3 Å². The summed E-state index contributed by atoms with van der Waals surface area (Å²) in [7, 11) is 0. The van der Waals surface area contributed by atoms with Crippen molar-refractivity contribution in [2.75, 3.05) is 0 Å². The van der Waals surface area contributed by atoms with Crippen LogP contribution in [0.5, 0.6) is 5.75 Å². The Morgan fingerprint density at radius 3 is 2.56 bits per heavy atom. The second kappa shape index (κ2) is 6.79. The molecule has 1 fully saturated rings. The number of halogens is 4. The Balaban J connectivity index is 1.62. The highest BCUT2D eigenvalue weighted by Gasteiger charge is 2.38. The number of benzene rings is 2. The Morgan fingerprint density at radius 2 is 1.81 bits per heavy atom. The number of rotatable bonds is 3. The maximum Gasteiger partial charge on any atom is 0.416 e. The van der Waals surface area contributed by atoms with Gasteiger partial charge in [0, 0.05) is 22.5 Å². The third-order valence-electron chi connectivity index (χ3n) is 5.51. The van der Waals surface area contributed by atoms with E-state index in [2.05, 4.69) is 4.98 Å². The van der Waals surface area contributed by atoms with Gasteiger partial charge in [-0.1, -0.05) is 12.1 Å². The Bertz CT molecular complexity index is 979. The first-order valence-corrected chi connectivity index (χ1v) is 9.46. The number of fused-ring (bicyclic) bond motifs is 1. The number of hydrogen-bond acceptors (Lipinski definition) is 1. The minimum absolute atomic E-state index is 0.0680.